The van der Waals surface area contributed by atoms with Crippen LogP contribution in [-0.2, 0) is 11.3 Å². The van der Waals surface area contributed by atoms with Crippen molar-refractivity contribution >= 4 is 0 Å². The van der Waals surface area contributed by atoms with Crippen LogP contribution in [0.15, 0.2) is 48.5 Å². The number of hydrogen-bond acceptors (Lipinski definition) is 6. The molecule has 0 unspecified atom stereocenters. The molecule has 1 fully saturated rings. The van der Waals surface area contributed by atoms with Crippen LogP contribution in [0.4, 0.5) is 0 Å². The monoisotopic (exact) mass is 429 g/mol. The summed E-state index contributed by atoms with van der Waals surface area (Å²) in [6.07, 6.45) is -0.568. The van der Waals surface area contributed by atoms with Crippen molar-refractivity contribution in [1.82, 2.24) is 4.90 Å². The minimum Gasteiger partial charge on any atom is -0.395 e. The topological polar surface area (TPSA) is 93.4 Å². The van der Waals surface area contributed by atoms with Crippen molar-refractivity contribution in [3.63, 3.8) is 0 Å². The van der Waals surface area contributed by atoms with Gasteiger partial charge in [-0.05, 0) is 55.0 Å². The molecule has 1 aliphatic rings. The molecule has 1 saturated heterocycles. The van der Waals surface area contributed by atoms with Crippen molar-refractivity contribution in [2.45, 2.75) is 57.1 Å². The summed E-state index contributed by atoms with van der Waals surface area (Å²) in [5.74, 6) is 0. The van der Waals surface area contributed by atoms with E-state index in [9.17, 15) is 20.4 Å². The molecule has 0 bridgehead atoms. The summed E-state index contributed by atoms with van der Waals surface area (Å²) < 4.78 is 5.84. The zero-order valence-corrected chi connectivity index (χ0v) is 18.2. The Balaban J connectivity index is 1.35. The predicted molar refractivity (Wildman–Crippen MR) is 121 cm³/mol. The number of aliphatic hydroxyl groups excluding tert-OH is 4. The smallest absolute Gasteiger partial charge is 0.109 e. The van der Waals surface area contributed by atoms with Crippen LogP contribution in [-0.4, -0.2) is 76.0 Å². The van der Waals surface area contributed by atoms with Crippen molar-refractivity contribution in [3.8, 4) is 11.1 Å². The zero-order chi connectivity index (χ0) is 22.2. The van der Waals surface area contributed by atoms with Crippen molar-refractivity contribution in [2.24, 2.45) is 0 Å². The van der Waals surface area contributed by atoms with Crippen LogP contribution < -0.4 is 0 Å². The molecule has 2 aromatic carbocycles. The maximum absolute atomic E-state index is 10.0. The quantitative estimate of drug-likeness (QED) is 0.432. The van der Waals surface area contributed by atoms with Crippen LogP contribution in [0, 0.1) is 6.92 Å². The van der Waals surface area contributed by atoms with E-state index in [1.165, 1.54) is 16.7 Å². The normalized spacial score (nSPS) is 24.4. The number of piperidine rings is 1. The summed E-state index contributed by atoms with van der Waals surface area (Å²) in [6.45, 7) is 4.07. The molecule has 0 spiro atoms. The number of β-amino-alcohol motifs (C(OH)–C–C–N with tert-alkyl or cyclic N) is 1. The van der Waals surface area contributed by atoms with E-state index in [2.05, 4.69) is 49.4 Å². The van der Waals surface area contributed by atoms with Crippen molar-refractivity contribution in [1.29, 1.82) is 0 Å². The molecule has 31 heavy (non-hydrogen) atoms. The predicted octanol–water partition coefficient (Wildman–Crippen LogP) is 2.11. The van der Waals surface area contributed by atoms with Gasteiger partial charge in [0, 0.05) is 13.2 Å². The maximum Gasteiger partial charge on any atom is 0.109 e. The standard InChI is InChI=1S/C25H35NO5/c1-18-14-19(10-11-21(18)20-8-4-2-5-9-20)17-31-13-7-3-6-12-26-15-23(28)25(30)24(29)22(26)16-27/h2,4-5,8-11,14,22-25,27-30H,3,6-7,12-13,15-17H2,1H3/t22-,23-,24+,25+/m0/s1. The summed E-state index contributed by atoms with van der Waals surface area (Å²) in [7, 11) is 0. The van der Waals surface area contributed by atoms with Crippen LogP contribution >= 0.6 is 0 Å². The molecule has 0 amide bonds. The SMILES string of the molecule is Cc1cc(COCCCCCN2C[C@H](O)[C@@H](O)[C@H](O)[C@@H]2CO)ccc1-c1ccccc1. The number of rotatable bonds is 10. The Morgan fingerprint density at radius 3 is 2.45 bits per heavy atom. The first kappa shape index (κ1) is 23.9. The number of nitrogens with zero attached hydrogens (tertiary/aromatic N) is 1. The number of benzene rings is 2. The molecule has 0 saturated carbocycles. The molecule has 4 atom stereocenters. The van der Waals surface area contributed by atoms with E-state index in [4.69, 9.17) is 4.74 Å². The molecule has 0 aromatic heterocycles. The van der Waals surface area contributed by atoms with Gasteiger partial charge in [-0.15, -0.1) is 0 Å². The Morgan fingerprint density at radius 2 is 1.74 bits per heavy atom. The number of hydrogen-bond donors (Lipinski definition) is 4. The number of unbranched alkanes of at least 4 members (excludes halogenated alkanes) is 2. The molecule has 170 valence electrons. The second-order valence-electron chi connectivity index (χ2n) is 8.42. The largest absolute Gasteiger partial charge is 0.395 e. The highest BCUT2D eigenvalue weighted by Gasteiger charge is 2.40. The fraction of sp³-hybridized carbons (Fsp3) is 0.520. The van der Waals surface area contributed by atoms with Gasteiger partial charge in [-0.25, -0.2) is 0 Å². The lowest BCUT2D eigenvalue weighted by atomic mass is 9.94. The minimum atomic E-state index is -1.20. The van der Waals surface area contributed by atoms with E-state index in [-0.39, 0.29) is 13.2 Å². The molecule has 2 aromatic rings. The Hall–Kier alpha value is -1.80. The molecule has 1 aliphatic heterocycles. The van der Waals surface area contributed by atoms with Gasteiger partial charge in [0.15, 0.2) is 0 Å². The summed E-state index contributed by atoms with van der Waals surface area (Å²) in [4.78, 5) is 1.86. The fourth-order valence-corrected chi connectivity index (χ4v) is 4.28. The van der Waals surface area contributed by atoms with Gasteiger partial charge >= 0.3 is 0 Å². The molecule has 6 heteroatoms. The Bertz CT molecular complexity index is 800. The van der Waals surface area contributed by atoms with E-state index in [0.717, 1.165) is 24.8 Å². The van der Waals surface area contributed by atoms with Gasteiger partial charge in [0.2, 0.25) is 0 Å². The lowest BCUT2D eigenvalue weighted by molar-refractivity contribution is -0.145. The third-order valence-corrected chi connectivity index (χ3v) is 6.09. The second kappa shape index (κ2) is 11.7. The number of likely N-dealkylation sites (tertiary alicyclic amines) is 1. The Morgan fingerprint density at radius 1 is 0.968 bits per heavy atom. The van der Waals surface area contributed by atoms with Gasteiger partial charge in [-0.2, -0.15) is 0 Å². The average Bonchev–Trinajstić information content (AvgIpc) is 2.77. The Kier molecular flexibility index (Phi) is 9.02. The first-order chi connectivity index (χ1) is 15.0. The molecule has 4 N–H and O–H groups in total. The number of aliphatic hydroxyl groups is 4. The first-order valence-corrected chi connectivity index (χ1v) is 11.1. The van der Waals surface area contributed by atoms with Gasteiger partial charge in [-0.1, -0.05) is 48.5 Å². The van der Waals surface area contributed by atoms with Crippen molar-refractivity contribution in [3.05, 3.63) is 59.7 Å². The molecule has 1 heterocycles. The van der Waals surface area contributed by atoms with Crippen molar-refractivity contribution < 1.29 is 25.2 Å². The molecule has 6 nitrogen and oxygen atoms in total. The van der Waals surface area contributed by atoms with Crippen LogP contribution in [0.3, 0.4) is 0 Å². The van der Waals surface area contributed by atoms with Crippen LogP contribution in [0.1, 0.15) is 30.4 Å². The first-order valence-electron chi connectivity index (χ1n) is 11.1. The lowest BCUT2D eigenvalue weighted by Crippen LogP contribution is -2.62. The average molecular weight is 430 g/mol. The summed E-state index contributed by atoms with van der Waals surface area (Å²) in [6, 6.07) is 16.3. The summed E-state index contributed by atoms with van der Waals surface area (Å²) >= 11 is 0. The van der Waals surface area contributed by atoms with Crippen LogP contribution in [0.2, 0.25) is 0 Å². The third kappa shape index (κ3) is 6.35. The van der Waals surface area contributed by atoms with E-state index in [0.29, 0.717) is 19.8 Å². The summed E-state index contributed by atoms with van der Waals surface area (Å²) in [5.41, 5.74) is 4.87. The highest BCUT2D eigenvalue weighted by molar-refractivity contribution is 5.67. The van der Waals surface area contributed by atoms with E-state index in [1.54, 1.807) is 0 Å². The van der Waals surface area contributed by atoms with Gasteiger partial charge in [0.25, 0.3) is 0 Å². The van der Waals surface area contributed by atoms with E-state index in [1.807, 2.05) is 11.0 Å². The van der Waals surface area contributed by atoms with Gasteiger partial charge in [-0.3, -0.25) is 4.90 Å². The van der Waals surface area contributed by atoms with Gasteiger partial charge < -0.3 is 25.2 Å². The van der Waals surface area contributed by atoms with E-state index < -0.39 is 24.4 Å². The van der Waals surface area contributed by atoms with Crippen LogP contribution in [0.5, 0.6) is 0 Å². The van der Waals surface area contributed by atoms with E-state index >= 15 is 0 Å². The van der Waals surface area contributed by atoms with Crippen molar-refractivity contribution in [2.75, 3.05) is 26.3 Å². The second-order valence-corrected chi connectivity index (χ2v) is 8.42. The molecular formula is C25H35NO5. The molecule has 3 rings (SSSR count). The minimum absolute atomic E-state index is 0.240. The Labute approximate surface area is 184 Å². The fourth-order valence-electron chi connectivity index (χ4n) is 4.28. The molecule has 0 radical (unpaired) electrons. The zero-order valence-electron chi connectivity index (χ0n) is 18.2. The van der Waals surface area contributed by atoms with Gasteiger partial charge in [0.05, 0.1) is 25.4 Å². The highest BCUT2D eigenvalue weighted by Crippen LogP contribution is 2.24. The molecular weight excluding hydrogens is 394 g/mol. The highest BCUT2D eigenvalue weighted by atomic mass is 16.5. The number of ether oxygens (including phenoxy) is 1. The number of aryl methyl sites for hydroxylation is 1. The third-order valence-electron chi connectivity index (χ3n) is 6.09. The summed E-state index contributed by atoms with van der Waals surface area (Å²) in [5, 5.41) is 39.2. The maximum atomic E-state index is 10.0. The van der Waals surface area contributed by atoms with Crippen LogP contribution in [0.25, 0.3) is 11.1 Å². The van der Waals surface area contributed by atoms with Gasteiger partial charge in [0.1, 0.15) is 12.2 Å². The molecule has 0 aliphatic carbocycles. The lowest BCUT2D eigenvalue weighted by Gasteiger charge is -2.43.